The normalized spacial score (nSPS) is 12.0. The van der Waals surface area contributed by atoms with Crippen LogP contribution in [0.4, 0.5) is 14.5 Å². The number of aliphatic carboxylic acids is 1. The summed E-state index contributed by atoms with van der Waals surface area (Å²) in [4.78, 5) is 32.6. The van der Waals surface area contributed by atoms with Gasteiger partial charge in [0.1, 0.15) is 6.04 Å². The molecule has 0 heterocycles. The second-order valence-corrected chi connectivity index (χ2v) is 4.25. The number of carboxylic acids is 1. The zero-order valence-electron chi connectivity index (χ0n) is 10.9. The van der Waals surface area contributed by atoms with E-state index in [0.717, 1.165) is 12.1 Å². The molecular formula is C12H12F2N2O5. The number of carboxylic acid groups (broad SMARTS) is 1. The number of hydrogen-bond acceptors (Lipinski definition) is 4. The molecule has 1 rings (SSSR count). The molecule has 0 bridgehead atoms. The van der Waals surface area contributed by atoms with E-state index in [2.05, 4.69) is 0 Å². The van der Waals surface area contributed by atoms with E-state index >= 15 is 0 Å². The van der Waals surface area contributed by atoms with Crippen molar-refractivity contribution in [1.82, 2.24) is 5.32 Å². The molecule has 7 nitrogen and oxygen atoms in total. The van der Waals surface area contributed by atoms with Crippen molar-refractivity contribution >= 4 is 17.6 Å². The van der Waals surface area contributed by atoms with Crippen molar-refractivity contribution in [2.75, 3.05) is 0 Å². The van der Waals surface area contributed by atoms with Gasteiger partial charge < -0.3 is 10.4 Å². The second-order valence-electron chi connectivity index (χ2n) is 4.25. The first-order chi connectivity index (χ1) is 9.72. The molecule has 0 spiro atoms. The molecule has 1 aromatic carbocycles. The summed E-state index contributed by atoms with van der Waals surface area (Å²) >= 11 is 0. The number of carbonyl (C=O) groups is 2. The van der Waals surface area contributed by atoms with Crippen LogP contribution < -0.4 is 5.32 Å². The van der Waals surface area contributed by atoms with Crippen molar-refractivity contribution in [3.05, 3.63) is 39.4 Å². The highest BCUT2D eigenvalue weighted by Crippen LogP contribution is 2.19. The zero-order chi connectivity index (χ0) is 16.2. The first kappa shape index (κ1) is 16.5. The van der Waals surface area contributed by atoms with Gasteiger partial charge in [0, 0.05) is 23.6 Å². The van der Waals surface area contributed by atoms with Gasteiger partial charge in [-0.25, -0.2) is 13.6 Å². The lowest BCUT2D eigenvalue weighted by Crippen LogP contribution is -2.42. The molecule has 0 aliphatic rings. The third-order valence-corrected chi connectivity index (χ3v) is 2.67. The number of nitro groups is 1. The quantitative estimate of drug-likeness (QED) is 0.614. The van der Waals surface area contributed by atoms with Crippen LogP contribution in [0.15, 0.2) is 18.2 Å². The molecule has 0 aliphatic heterocycles. The molecule has 1 aromatic rings. The molecule has 1 amide bonds. The summed E-state index contributed by atoms with van der Waals surface area (Å²) < 4.78 is 24.4. The summed E-state index contributed by atoms with van der Waals surface area (Å²) in [7, 11) is 0. The molecule has 0 aliphatic carbocycles. The molecule has 21 heavy (non-hydrogen) atoms. The monoisotopic (exact) mass is 302 g/mol. The van der Waals surface area contributed by atoms with Gasteiger partial charge in [0.05, 0.1) is 4.92 Å². The highest BCUT2D eigenvalue weighted by Gasteiger charge is 2.25. The van der Waals surface area contributed by atoms with Gasteiger partial charge in [-0.2, -0.15) is 0 Å². The number of amides is 1. The molecule has 9 heteroatoms. The number of aryl methyl sites for hydroxylation is 1. The number of hydrogen-bond donors (Lipinski definition) is 2. The standard InChI is InChI=1S/C12H12F2N2O5/c1-6-4-7(2-3-9(6)16(20)21)11(17)15-8(12(18)19)5-10(13)14/h2-4,8,10H,5H2,1H3,(H,15,17)(H,18,19). The molecule has 2 N–H and O–H groups in total. The Morgan fingerprint density at radius 1 is 1.43 bits per heavy atom. The third kappa shape index (κ3) is 4.48. The third-order valence-electron chi connectivity index (χ3n) is 2.67. The van der Waals surface area contributed by atoms with E-state index in [0.29, 0.717) is 0 Å². The lowest BCUT2D eigenvalue weighted by molar-refractivity contribution is -0.385. The lowest BCUT2D eigenvalue weighted by atomic mass is 10.1. The fraction of sp³-hybridized carbons (Fsp3) is 0.333. The van der Waals surface area contributed by atoms with Crippen LogP contribution in [0.5, 0.6) is 0 Å². The largest absolute Gasteiger partial charge is 0.480 e. The van der Waals surface area contributed by atoms with E-state index in [1.165, 1.54) is 13.0 Å². The topological polar surface area (TPSA) is 110 Å². The number of halogens is 2. The van der Waals surface area contributed by atoms with Crippen molar-refractivity contribution in [3.63, 3.8) is 0 Å². The van der Waals surface area contributed by atoms with Gasteiger partial charge in [-0.15, -0.1) is 0 Å². The Balaban J connectivity index is 2.90. The summed E-state index contributed by atoms with van der Waals surface area (Å²) in [5.74, 6) is -2.47. The van der Waals surface area contributed by atoms with E-state index in [1.807, 2.05) is 5.32 Å². The van der Waals surface area contributed by atoms with Crippen molar-refractivity contribution < 1.29 is 28.4 Å². The van der Waals surface area contributed by atoms with Crippen LogP contribution in [0, 0.1) is 17.0 Å². The SMILES string of the molecule is Cc1cc(C(=O)NC(CC(F)F)C(=O)O)ccc1[N+](=O)[O-]. The predicted octanol–water partition coefficient (Wildman–Crippen LogP) is 1.74. The second kappa shape index (κ2) is 6.73. The number of nitrogens with zero attached hydrogens (tertiary/aromatic N) is 1. The molecule has 0 fully saturated rings. The molecule has 1 atom stereocenters. The van der Waals surface area contributed by atoms with Gasteiger partial charge in [-0.1, -0.05) is 0 Å². The number of alkyl halides is 2. The number of carbonyl (C=O) groups excluding carboxylic acids is 1. The molecule has 0 aromatic heterocycles. The molecule has 0 saturated carbocycles. The Labute approximate surface area is 117 Å². The molecule has 0 saturated heterocycles. The minimum absolute atomic E-state index is 0.0429. The Bertz CT molecular complexity index is 577. The maximum Gasteiger partial charge on any atom is 0.326 e. The smallest absolute Gasteiger partial charge is 0.326 e. The van der Waals surface area contributed by atoms with Gasteiger partial charge in [0.15, 0.2) is 0 Å². The maximum absolute atomic E-state index is 12.2. The predicted molar refractivity (Wildman–Crippen MR) is 67.3 cm³/mol. The first-order valence-electron chi connectivity index (χ1n) is 5.79. The van der Waals surface area contributed by atoms with Crippen molar-refractivity contribution in [2.45, 2.75) is 25.8 Å². The van der Waals surface area contributed by atoms with E-state index in [4.69, 9.17) is 5.11 Å². The summed E-state index contributed by atoms with van der Waals surface area (Å²) in [6.45, 7) is 1.41. The number of nitro benzene ring substituents is 1. The van der Waals surface area contributed by atoms with E-state index in [9.17, 15) is 28.5 Å². The van der Waals surface area contributed by atoms with Crippen LogP contribution >= 0.6 is 0 Å². The van der Waals surface area contributed by atoms with Gasteiger partial charge >= 0.3 is 5.97 Å². The first-order valence-corrected chi connectivity index (χ1v) is 5.79. The lowest BCUT2D eigenvalue weighted by Gasteiger charge is -2.14. The van der Waals surface area contributed by atoms with Crippen LogP contribution in [-0.2, 0) is 4.79 Å². The highest BCUT2D eigenvalue weighted by atomic mass is 19.3. The molecule has 1 unspecified atom stereocenters. The number of nitrogens with one attached hydrogen (secondary N) is 1. The van der Waals surface area contributed by atoms with Crippen LogP contribution in [0.1, 0.15) is 22.3 Å². The van der Waals surface area contributed by atoms with E-state index in [1.54, 1.807) is 0 Å². The van der Waals surface area contributed by atoms with Crippen LogP contribution in [0.2, 0.25) is 0 Å². The average molecular weight is 302 g/mol. The van der Waals surface area contributed by atoms with Gasteiger partial charge in [0.25, 0.3) is 11.6 Å². The highest BCUT2D eigenvalue weighted by molar-refractivity contribution is 5.97. The summed E-state index contributed by atoms with van der Waals surface area (Å²) in [5.41, 5.74) is -0.0408. The minimum atomic E-state index is -2.88. The minimum Gasteiger partial charge on any atom is -0.480 e. The van der Waals surface area contributed by atoms with Crippen LogP contribution in [0.25, 0.3) is 0 Å². The fourth-order valence-electron chi connectivity index (χ4n) is 1.64. The Hall–Kier alpha value is -2.58. The van der Waals surface area contributed by atoms with Crippen molar-refractivity contribution in [2.24, 2.45) is 0 Å². The van der Waals surface area contributed by atoms with Crippen molar-refractivity contribution in [3.8, 4) is 0 Å². The Morgan fingerprint density at radius 3 is 2.48 bits per heavy atom. The van der Waals surface area contributed by atoms with Crippen molar-refractivity contribution in [1.29, 1.82) is 0 Å². The number of rotatable bonds is 6. The summed E-state index contributed by atoms with van der Waals surface area (Å²) in [6, 6.07) is 1.68. The van der Waals surface area contributed by atoms with Crippen LogP contribution in [-0.4, -0.2) is 34.4 Å². The summed E-state index contributed by atoms with van der Waals surface area (Å²) in [5, 5.41) is 21.3. The van der Waals surface area contributed by atoms with Crippen LogP contribution in [0.3, 0.4) is 0 Å². The van der Waals surface area contributed by atoms with E-state index in [-0.39, 0.29) is 16.8 Å². The average Bonchev–Trinajstić information content (AvgIpc) is 2.36. The molecular weight excluding hydrogens is 290 g/mol. The maximum atomic E-state index is 12.2. The fourth-order valence-corrected chi connectivity index (χ4v) is 1.64. The number of benzene rings is 1. The summed E-state index contributed by atoms with van der Waals surface area (Å²) in [6.07, 6.45) is -3.91. The molecule has 0 radical (unpaired) electrons. The zero-order valence-corrected chi connectivity index (χ0v) is 10.9. The Morgan fingerprint density at radius 2 is 2.05 bits per heavy atom. The molecule has 114 valence electrons. The van der Waals surface area contributed by atoms with Gasteiger partial charge in [0.2, 0.25) is 6.43 Å². The van der Waals surface area contributed by atoms with E-state index < -0.39 is 35.7 Å². The Kier molecular flexibility index (Phi) is 5.28. The van der Waals surface area contributed by atoms with Gasteiger partial charge in [-0.05, 0) is 19.1 Å². The van der Waals surface area contributed by atoms with Gasteiger partial charge in [-0.3, -0.25) is 14.9 Å².